The maximum atomic E-state index is 11.3. The van der Waals surface area contributed by atoms with E-state index >= 15 is 0 Å². The summed E-state index contributed by atoms with van der Waals surface area (Å²) in [7, 11) is 1.40. The first-order valence-corrected chi connectivity index (χ1v) is 11.1. The molecule has 1 aliphatic heterocycles. The van der Waals surface area contributed by atoms with Gasteiger partial charge in [0, 0.05) is 47.7 Å². The highest BCUT2D eigenvalue weighted by Gasteiger charge is 2.41. The zero-order valence-corrected chi connectivity index (χ0v) is 17.6. The molecule has 0 spiro atoms. The van der Waals surface area contributed by atoms with Gasteiger partial charge in [0.15, 0.2) is 5.79 Å². The largest absolute Gasteiger partial charge is 0.469 e. The number of methoxy groups -OCH3 is 1. The maximum Gasteiger partial charge on any atom is 0.306 e. The number of carbonyl (C=O) groups excluding carboxylic acids is 2. The summed E-state index contributed by atoms with van der Waals surface area (Å²) >= 11 is 3.47. The Morgan fingerprint density at radius 3 is 2.23 bits per heavy atom. The van der Waals surface area contributed by atoms with Gasteiger partial charge < -0.3 is 14.2 Å². The van der Waals surface area contributed by atoms with Crippen molar-refractivity contribution in [2.24, 2.45) is 5.41 Å². The third kappa shape index (κ3) is 8.81. The average Bonchev–Trinajstić information content (AvgIpc) is 2.63. The van der Waals surface area contributed by atoms with E-state index in [0.29, 0.717) is 44.6 Å². The van der Waals surface area contributed by atoms with E-state index in [0.717, 1.165) is 17.3 Å². The number of esters is 1. The Kier molecular flexibility index (Phi) is 10.7. The van der Waals surface area contributed by atoms with Crippen molar-refractivity contribution in [3.05, 3.63) is 0 Å². The van der Waals surface area contributed by atoms with Crippen LogP contribution in [0.3, 0.4) is 0 Å². The number of ketones is 1. The van der Waals surface area contributed by atoms with Gasteiger partial charge in [-0.1, -0.05) is 0 Å². The quantitative estimate of drug-likeness (QED) is 0.282. The minimum absolute atomic E-state index is 0.127. The van der Waals surface area contributed by atoms with E-state index in [4.69, 9.17) is 15.9 Å². The lowest BCUT2D eigenvalue weighted by molar-refractivity contribution is -0.289. The lowest BCUT2D eigenvalue weighted by Crippen LogP contribution is -2.50. The summed E-state index contributed by atoms with van der Waals surface area (Å²) in [6.45, 7) is 4.73. The molecule has 0 N–H and O–H groups in total. The van der Waals surface area contributed by atoms with Crippen molar-refractivity contribution in [1.82, 2.24) is 0 Å². The van der Waals surface area contributed by atoms with Gasteiger partial charge in [0.25, 0.3) is 0 Å². The van der Waals surface area contributed by atoms with Crippen molar-refractivity contribution in [2.45, 2.75) is 45.3 Å². The molecule has 0 aliphatic carbocycles. The Morgan fingerprint density at radius 2 is 1.73 bits per heavy atom. The molecular weight excluding hydrogens is 372 g/mol. The second-order valence-electron chi connectivity index (χ2n) is 6.80. The van der Waals surface area contributed by atoms with Crippen molar-refractivity contribution in [3.8, 4) is 12.3 Å². The number of thioether (sulfide) groups is 2. The van der Waals surface area contributed by atoms with Crippen LogP contribution in [0.4, 0.5) is 0 Å². The smallest absolute Gasteiger partial charge is 0.306 e. The molecular formula is C19H30O5S2. The number of hydrogen-bond acceptors (Lipinski definition) is 7. The molecule has 1 aliphatic rings. The highest BCUT2D eigenvalue weighted by molar-refractivity contribution is 8.00. The van der Waals surface area contributed by atoms with Crippen molar-refractivity contribution in [2.75, 3.05) is 43.3 Å². The standard InChI is InChI=1S/C19H30O5S2/c1-5-6-9-18(3)23-12-19(13-24-18,14-25-10-7-16(2)20)15-26-11-8-17(21)22-4/h1H,6-15H2,2-4H3. The molecule has 5 nitrogen and oxygen atoms in total. The Morgan fingerprint density at radius 1 is 1.15 bits per heavy atom. The fourth-order valence-corrected chi connectivity index (χ4v) is 4.96. The number of terminal acetylenes is 1. The van der Waals surface area contributed by atoms with Gasteiger partial charge >= 0.3 is 5.97 Å². The molecule has 0 aromatic heterocycles. The Balaban J connectivity index is 2.55. The summed E-state index contributed by atoms with van der Waals surface area (Å²) in [5.41, 5.74) is -0.127. The van der Waals surface area contributed by atoms with Crippen LogP contribution >= 0.6 is 23.5 Å². The predicted octanol–water partition coefficient (Wildman–Crippen LogP) is 3.16. The summed E-state index contributed by atoms with van der Waals surface area (Å²) < 4.78 is 16.8. The number of ether oxygens (including phenoxy) is 3. The van der Waals surface area contributed by atoms with Crippen molar-refractivity contribution in [1.29, 1.82) is 0 Å². The van der Waals surface area contributed by atoms with Gasteiger partial charge in [-0.25, -0.2) is 0 Å². The second kappa shape index (κ2) is 11.9. The van der Waals surface area contributed by atoms with E-state index in [9.17, 15) is 9.59 Å². The lowest BCUT2D eigenvalue weighted by atomic mass is 9.93. The molecule has 0 atom stereocenters. The molecule has 0 amide bonds. The van der Waals surface area contributed by atoms with Crippen LogP contribution in [0.25, 0.3) is 0 Å². The lowest BCUT2D eigenvalue weighted by Gasteiger charge is -2.44. The summed E-state index contributed by atoms with van der Waals surface area (Å²) in [5, 5.41) is 0. The van der Waals surface area contributed by atoms with Gasteiger partial charge in [-0.2, -0.15) is 23.5 Å². The summed E-state index contributed by atoms with van der Waals surface area (Å²) in [6, 6.07) is 0. The molecule has 0 aromatic carbocycles. The van der Waals surface area contributed by atoms with Crippen LogP contribution in [0.15, 0.2) is 0 Å². The normalized spacial score (nSPS) is 25.5. The minimum atomic E-state index is -0.628. The Labute approximate surface area is 165 Å². The highest BCUT2D eigenvalue weighted by Crippen LogP contribution is 2.37. The van der Waals surface area contributed by atoms with Crippen molar-refractivity contribution in [3.63, 3.8) is 0 Å². The molecule has 0 radical (unpaired) electrons. The van der Waals surface area contributed by atoms with Gasteiger partial charge in [-0.05, 0) is 13.8 Å². The van der Waals surface area contributed by atoms with Crippen LogP contribution in [0.1, 0.15) is 39.5 Å². The zero-order valence-electron chi connectivity index (χ0n) is 16.0. The molecule has 7 heteroatoms. The first-order valence-electron chi connectivity index (χ1n) is 8.78. The van der Waals surface area contributed by atoms with E-state index < -0.39 is 5.79 Å². The van der Waals surface area contributed by atoms with Gasteiger partial charge in [-0.3, -0.25) is 9.59 Å². The summed E-state index contributed by atoms with van der Waals surface area (Å²) in [4.78, 5) is 22.4. The molecule has 1 heterocycles. The molecule has 0 bridgehead atoms. The van der Waals surface area contributed by atoms with Crippen LogP contribution < -0.4 is 0 Å². The van der Waals surface area contributed by atoms with E-state index in [1.165, 1.54) is 7.11 Å². The van der Waals surface area contributed by atoms with E-state index in [1.54, 1.807) is 30.4 Å². The second-order valence-corrected chi connectivity index (χ2v) is 9.01. The highest BCUT2D eigenvalue weighted by atomic mass is 32.2. The summed E-state index contributed by atoms with van der Waals surface area (Å²) in [6.07, 6.45) is 7.62. The van der Waals surface area contributed by atoms with Crippen LogP contribution in [-0.2, 0) is 23.8 Å². The molecule has 0 unspecified atom stereocenters. The Hall–Kier alpha value is -0.680. The number of hydrogen-bond donors (Lipinski definition) is 0. The SMILES string of the molecule is C#CCCC1(C)OCC(CSCCC(C)=O)(CSCCC(=O)OC)CO1. The Bertz CT molecular complexity index is 493. The van der Waals surface area contributed by atoms with Crippen molar-refractivity contribution < 1.29 is 23.8 Å². The topological polar surface area (TPSA) is 61.8 Å². The molecule has 148 valence electrons. The molecule has 26 heavy (non-hydrogen) atoms. The minimum Gasteiger partial charge on any atom is -0.469 e. The first-order chi connectivity index (χ1) is 12.3. The monoisotopic (exact) mass is 402 g/mol. The van der Waals surface area contributed by atoms with Gasteiger partial charge in [0.05, 0.1) is 26.7 Å². The molecule has 1 saturated heterocycles. The van der Waals surface area contributed by atoms with Crippen LogP contribution in [0.5, 0.6) is 0 Å². The molecule has 1 rings (SSSR count). The predicted molar refractivity (Wildman–Crippen MR) is 107 cm³/mol. The van der Waals surface area contributed by atoms with Gasteiger partial charge in [0.2, 0.25) is 0 Å². The van der Waals surface area contributed by atoms with Crippen molar-refractivity contribution >= 4 is 35.3 Å². The number of Topliss-reactive ketones (excluding diaryl/α,β-unsaturated/α-hetero) is 1. The fourth-order valence-electron chi connectivity index (χ4n) is 2.40. The summed E-state index contributed by atoms with van der Waals surface area (Å²) in [5.74, 6) is 5.22. The average molecular weight is 403 g/mol. The third-order valence-electron chi connectivity index (χ3n) is 4.18. The third-order valence-corrected chi connectivity index (χ3v) is 6.80. The first kappa shape index (κ1) is 23.4. The van der Waals surface area contributed by atoms with E-state index in [2.05, 4.69) is 10.7 Å². The molecule has 0 saturated carbocycles. The van der Waals surface area contributed by atoms with E-state index in [1.807, 2.05) is 6.92 Å². The maximum absolute atomic E-state index is 11.3. The van der Waals surface area contributed by atoms with Gasteiger partial charge in [-0.15, -0.1) is 12.3 Å². The fraction of sp³-hybridized carbons (Fsp3) is 0.789. The zero-order chi connectivity index (χ0) is 19.5. The van der Waals surface area contributed by atoms with Crippen LogP contribution in [-0.4, -0.2) is 60.9 Å². The number of rotatable bonds is 12. The van der Waals surface area contributed by atoms with Crippen LogP contribution in [0.2, 0.25) is 0 Å². The molecule has 1 fully saturated rings. The van der Waals surface area contributed by atoms with Gasteiger partial charge in [0.1, 0.15) is 5.78 Å². The molecule has 0 aromatic rings. The van der Waals surface area contributed by atoms with E-state index in [-0.39, 0.29) is 17.2 Å². The van der Waals surface area contributed by atoms with Crippen LogP contribution in [0, 0.1) is 17.8 Å². The number of carbonyl (C=O) groups is 2.